The van der Waals surface area contributed by atoms with E-state index in [1.807, 2.05) is 30.3 Å². The van der Waals surface area contributed by atoms with Gasteiger partial charge in [-0.25, -0.2) is 4.39 Å². The quantitative estimate of drug-likeness (QED) is 0.780. The highest BCUT2D eigenvalue weighted by Crippen LogP contribution is 2.30. The van der Waals surface area contributed by atoms with Gasteiger partial charge in [0, 0.05) is 11.3 Å². The average Bonchev–Trinajstić information content (AvgIpc) is 2.25. The topological polar surface area (TPSA) is 26.0 Å². The monoisotopic (exact) mass is 265 g/mol. The third-order valence-electron chi connectivity index (χ3n) is 2.18. The fraction of sp³-hybridized carbons (Fsp3) is 0. The minimum Gasteiger partial charge on any atom is -0.398 e. The number of hydrogen-bond donors (Lipinski definition) is 1. The van der Waals surface area contributed by atoms with Gasteiger partial charge in [0.15, 0.2) is 0 Å². The molecule has 0 bridgehead atoms. The predicted molar refractivity (Wildman–Crippen MR) is 63.9 cm³/mol. The number of halogens is 2. The molecule has 2 aromatic rings. The second kappa shape index (κ2) is 4.03. The molecule has 0 spiro atoms. The average molecular weight is 266 g/mol. The van der Waals surface area contributed by atoms with Crippen molar-refractivity contribution in [2.24, 2.45) is 0 Å². The molecule has 2 rings (SSSR count). The van der Waals surface area contributed by atoms with Gasteiger partial charge >= 0.3 is 0 Å². The zero-order valence-corrected chi connectivity index (χ0v) is 9.46. The lowest BCUT2D eigenvalue weighted by atomic mass is 10.0. The smallest absolute Gasteiger partial charge is 0.139 e. The maximum absolute atomic E-state index is 13.1. The molecular weight excluding hydrogens is 257 g/mol. The molecule has 0 aliphatic heterocycles. The molecule has 0 amide bonds. The van der Waals surface area contributed by atoms with Gasteiger partial charge in [0.25, 0.3) is 0 Å². The van der Waals surface area contributed by atoms with E-state index in [0.717, 1.165) is 11.1 Å². The largest absolute Gasteiger partial charge is 0.398 e. The maximum atomic E-state index is 13.1. The van der Waals surface area contributed by atoms with Crippen LogP contribution in [-0.2, 0) is 0 Å². The van der Waals surface area contributed by atoms with E-state index >= 15 is 0 Å². The van der Waals surface area contributed by atoms with Crippen LogP contribution in [0.2, 0.25) is 0 Å². The van der Waals surface area contributed by atoms with Crippen molar-refractivity contribution in [2.45, 2.75) is 0 Å². The standard InChI is InChI=1S/C12H9BrFN/c13-10-6-9(12(15)7-11(10)14)8-4-2-1-3-5-8/h1-7H,15H2. The molecule has 0 heterocycles. The van der Waals surface area contributed by atoms with Crippen LogP contribution in [0.5, 0.6) is 0 Å². The molecular formula is C12H9BrFN. The number of nitrogen functional groups attached to an aromatic ring is 1. The molecule has 0 fully saturated rings. The van der Waals surface area contributed by atoms with Crippen molar-refractivity contribution in [2.75, 3.05) is 5.73 Å². The Bertz CT molecular complexity index is 482. The fourth-order valence-corrected chi connectivity index (χ4v) is 1.77. The van der Waals surface area contributed by atoms with Crippen molar-refractivity contribution in [3.8, 4) is 11.1 Å². The SMILES string of the molecule is Nc1cc(F)c(Br)cc1-c1ccccc1. The van der Waals surface area contributed by atoms with Gasteiger partial charge in [-0.2, -0.15) is 0 Å². The molecule has 0 aliphatic carbocycles. The Labute approximate surface area is 95.9 Å². The van der Waals surface area contributed by atoms with Crippen LogP contribution in [0.1, 0.15) is 0 Å². The van der Waals surface area contributed by atoms with Gasteiger partial charge in [-0.05, 0) is 33.6 Å². The summed E-state index contributed by atoms with van der Waals surface area (Å²) in [7, 11) is 0. The van der Waals surface area contributed by atoms with Crippen LogP contribution in [-0.4, -0.2) is 0 Å². The molecule has 3 heteroatoms. The first kappa shape index (κ1) is 10.2. The van der Waals surface area contributed by atoms with Crippen LogP contribution >= 0.6 is 15.9 Å². The molecule has 76 valence electrons. The predicted octanol–water partition coefficient (Wildman–Crippen LogP) is 3.84. The van der Waals surface area contributed by atoms with E-state index in [-0.39, 0.29) is 5.82 Å². The molecule has 0 radical (unpaired) electrons. The van der Waals surface area contributed by atoms with E-state index in [0.29, 0.717) is 10.2 Å². The van der Waals surface area contributed by atoms with Crippen LogP contribution in [0.15, 0.2) is 46.9 Å². The first-order valence-corrected chi connectivity index (χ1v) is 5.28. The molecule has 2 aromatic carbocycles. The van der Waals surface area contributed by atoms with Crippen LogP contribution < -0.4 is 5.73 Å². The number of benzene rings is 2. The number of hydrogen-bond acceptors (Lipinski definition) is 1. The van der Waals surface area contributed by atoms with Crippen LogP contribution in [0, 0.1) is 5.82 Å². The summed E-state index contributed by atoms with van der Waals surface area (Å²) in [5.41, 5.74) is 8.03. The Hall–Kier alpha value is -1.35. The van der Waals surface area contributed by atoms with Crippen LogP contribution in [0.25, 0.3) is 11.1 Å². The van der Waals surface area contributed by atoms with Crippen molar-refractivity contribution < 1.29 is 4.39 Å². The highest BCUT2D eigenvalue weighted by molar-refractivity contribution is 9.10. The third-order valence-corrected chi connectivity index (χ3v) is 2.78. The zero-order chi connectivity index (χ0) is 10.8. The minimum atomic E-state index is -0.341. The molecule has 1 nitrogen and oxygen atoms in total. The second-order valence-electron chi connectivity index (χ2n) is 3.22. The Balaban J connectivity index is 2.59. The lowest BCUT2D eigenvalue weighted by Crippen LogP contribution is -1.92. The van der Waals surface area contributed by atoms with Crippen molar-refractivity contribution in [1.29, 1.82) is 0 Å². The van der Waals surface area contributed by atoms with E-state index in [1.54, 1.807) is 6.07 Å². The molecule has 2 N–H and O–H groups in total. The van der Waals surface area contributed by atoms with Gasteiger partial charge in [0.05, 0.1) is 4.47 Å². The Kier molecular flexibility index (Phi) is 2.73. The molecule has 15 heavy (non-hydrogen) atoms. The molecule has 0 atom stereocenters. The van der Waals surface area contributed by atoms with Crippen molar-refractivity contribution in [3.63, 3.8) is 0 Å². The molecule has 0 aromatic heterocycles. The third kappa shape index (κ3) is 2.02. The van der Waals surface area contributed by atoms with E-state index in [1.165, 1.54) is 6.07 Å². The van der Waals surface area contributed by atoms with Gasteiger partial charge in [-0.3, -0.25) is 0 Å². The van der Waals surface area contributed by atoms with Crippen molar-refractivity contribution >= 4 is 21.6 Å². The van der Waals surface area contributed by atoms with Crippen LogP contribution in [0.4, 0.5) is 10.1 Å². The lowest BCUT2D eigenvalue weighted by molar-refractivity contribution is 0.622. The molecule has 0 unspecified atom stereocenters. The summed E-state index contributed by atoms with van der Waals surface area (Å²) >= 11 is 3.15. The summed E-state index contributed by atoms with van der Waals surface area (Å²) in [6, 6.07) is 12.7. The maximum Gasteiger partial charge on any atom is 0.139 e. The number of anilines is 1. The Morgan fingerprint density at radius 1 is 1.07 bits per heavy atom. The number of nitrogens with two attached hydrogens (primary N) is 1. The van der Waals surface area contributed by atoms with Gasteiger partial charge in [0.1, 0.15) is 5.82 Å². The van der Waals surface area contributed by atoms with Gasteiger partial charge < -0.3 is 5.73 Å². The second-order valence-corrected chi connectivity index (χ2v) is 4.07. The summed E-state index contributed by atoms with van der Waals surface area (Å²) < 4.78 is 13.6. The zero-order valence-electron chi connectivity index (χ0n) is 7.87. The van der Waals surface area contributed by atoms with Gasteiger partial charge in [0.2, 0.25) is 0 Å². The molecule has 0 saturated carbocycles. The first-order chi connectivity index (χ1) is 7.18. The fourth-order valence-electron chi connectivity index (χ4n) is 1.43. The van der Waals surface area contributed by atoms with Crippen molar-refractivity contribution in [1.82, 2.24) is 0 Å². The van der Waals surface area contributed by atoms with E-state index in [9.17, 15) is 4.39 Å². The Morgan fingerprint density at radius 3 is 2.40 bits per heavy atom. The lowest BCUT2D eigenvalue weighted by Gasteiger charge is -2.07. The highest BCUT2D eigenvalue weighted by atomic mass is 79.9. The highest BCUT2D eigenvalue weighted by Gasteiger charge is 2.07. The van der Waals surface area contributed by atoms with E-state index in [4.69, 9.17) is 5.73 Å². The minimum absolute atomic E-state index is 0.341. The summed E-state index contributed by atoms with van der Waals surface area (Å²) in [4.78, 5) is 0. The summed E-state index contributed by atoms with van der Waals surface area (Å²) in [5, 5.41) is 0. The van der Waals surface area contributed by atoms with E-state index < -0.39 is 0 Å². The molecule has 0 aliphatic rings. The van der Waals surface area contributed by atoms with Gasteiger partial charge in [-0.1, -0.05) is 30.3 Å². The summed E-state index contributed by atoms with van der Waals surface area (Å²) in [6.45, 7) is 0. The first-order valence-electron chi connectivity index (χ1n) is 4.48. The van der Waals surface area contributed by atoms with Crippen LogP contribution in [0.3, 0.4) is 0 Å². The normalized spacial score (nSPS) is 10.3. The van der Waals surface area contributed by atoms with Gasteiger partial charge in [-0.15, -0.1) is 0 Å². The summed E-state index contributed by atoms with van der Waals surface area (Å²) in [5.74, 6) is -0.341. The van der Waals surface area contributed by atoms with E-state index in [2.05, 4.69) is 15.9 Å². The Morgan fingerprint density at radius 2 is 1.73 bits per heavy atom. The molecule has 0 saturated heterocycles. The van der Waals surface area contributed by atoms with Crippen molar-refractivity contribution in [3.05, 3.63) is 52.8 Å². The number of rotatable bonds is 1. The summed E-state index contributed by atoms with van der Waals surface area (Å²) in [6.07, 6.45) is 0.